The third-order valence-corrected chi connectivity index (χ3v) is 3.99. The molecule has 0 radical (unpaired) electrons. The number of anilines is 1. The second-order valence-electron chi connectivity index (χ2n) is 6.42. The van der Waals surface area contributed by atoms with Crippen molar-refractivity contribution < 1.29 is 28.9 Å². The van der Waals surface area contributed by atoms with Gasteiger partial charge in [0.2, 0.25) is 0 Å². The molecule has 7 nitrogen and oxygen atoms in total. The van der Waals surface area contributed by atoms with Crippen molar-refractivity contribution in [1.82, 2.24) is 0 Å². The number of aryl methyl sites for hydroxylation is 3. The fourth-order valence-corrected chi connectivity index (χ4v) is 2.72. The Bertz CT molecular complexity index is 839. The zero-order chi connectivity index (χ0) is 20.7. The first kappa shape index (κ1) is 21.2. The number of ether oxygens (including phenoxy) is 3. The van der Waals surface area contributed by atoms with Gasteiger partial charge in [-0.15, -0.1) is 0 Å². The van der Waals surface area contributed by atoms with Crippen LogP contribution < -0.4 is 14.8 Å². The second-order valence-corrected chi connectivity index (χ2v) is 6.42. The van der Waals surface area contributed by atoms with Crippen molar-refractivity contribution in [3.05, 3.63) is 52.6 Å². The molecular formula is C21H25NO6. The summed E-state index contributed by atoms with van der Waals surface area (Å²) in [5, 5.41) is 11.6. The fourth-order valence-electron chi connectivity index (χ4n) is 2.72. The fraction of sp³-hybridized carbons (Fsp3) is 0.333. The molecular weight excluding hydrogens is 362 g/mol. The maximum absolute atomic E-state index is 12.7. The number of benzene rings is 2. The Hall–Kier alpha value is -3.06. The zero-order valence-electron chi connectivity index (χ0n) is 16.5. The Labute approximate surface area is 164 Å². The highest BCUT2D eigenvalue weighted by Gasteiger charge is 2.15. The molecule has 0 aliphatic carbocycles. The van der Waals surface area contributed by atoms with E-state index < -0.39 is 12.6 Å². The Morgan fingerprint density at radius 2 is 1.68 bits per heavy atom. The van der Waals surface area contributed by atoms with E-state index in [2.05, 4.69) is 5.32 Å². The lowest BCUT2D eigenvalue weighted by Gasteiger charge is -2.15. The summed E-state index contributed by atoms with van der Waals surface area (Å²) in [6, 6.07) is 8.86. The summed E-state index contributed by atoms with van der Waals surface area (Å²) in [4.78, 5) is 23.5. The van der Waals surface area contributed by atoms with Crippen LogP contribution in [0.3, 0.4) is 0 Å². The molecule has 7 heteroatoms. The normalized spacial score (nSPS) is 10.4. The Balaban J connectivity index is 2.20. The van der Waals surface area contributed by atoms with Crippen LogP contribution in [0, 0.1) is 20.8 Å². The highest BCUT2D eigenvalue weighted by molar-refractivity contribution is 6.05. The van der Waals surface area contributed by atoms with E-state index in [4.69, 9.17) is 19.3 Å². The average Bonchev–Trinajstić information content (AvgIpc) is 2.63. The minimum Gasteiger partial charge on any atom is -0.489 e. The number of methoxy groups -OCH3 is 1. The van der Waals surface area contributed by atoms with Gasteiger partial charge in [0.15, 0.2) is 6.61 Å². The first-order chi connectivity index (χ1) is 13.3. The molecule has 28 heavy (non-hydrogen) atoms. The predicted octanol–water partition coefficient (Wildman–Crippen LogP) is 3.35. The molecule has 0 aliphatic heterocycles. The van der Waals surface area contributed by atoms with E-state index in [1.165, 1.54) is 0 Å². The average molecular weight is 387 g/mol. The molecule has 2 rings (SSSR count). The van der Waals surface area contributed by atoms with Gasteiger partial charge in [-0.1, -0.05) is 6.07 Å². The number of carbonyl (C=O) groups is 2. The summed E-state index contributed by atoms with van der Waals surface area (Å²) in [6.07, 6.45) is 0. The van der Waals surface area contributed by atoms with Crippen molar-refractivity contribution in [2.24, 2.45) is 0 Å². The number of rotatable bonds is 9. The third-order valence-electron chi connectivity index (χ3n) is 3.99. The van der Waals surface area contributed by atoms with Crippen molar-refractivity contribution in [2.45, 2.75) is 20.8 Å². The van der Waals surface area contributed by atoms with Crippen LogP contribution in [0.25, 0.3) is 0 Å². The highest BCUT2D eigenvalue weighted by Crippen LogP contribution is 2.28. The van der Waals surface area contributed by atoms with Gasteiger partial charge in [0.25, 0.3) is 5.91 Å². The molecule has 0 saturated heterocycles. The van der Waals surface area contributed by atoms with Crippen LogP contribution in [0.5, 0.6) is 11.5 Å². The number of aliphatic carboxylic acids is 1. The molecule has 2 aromatic rings. The van der Waals surface area contributed by atoms with Crippen molar-refractivity contribution in [3.8, 4) is 11.5 Å². The number of hydrogen-bond donors (Lipinski definition) is 2. The van der Waals surface area contributed by atoms with E-state index >= 15 is 0 Å². The van der Waals surface area contributed by atoms with Crippen LogP contribution in [-0.2, 0) is 9.53 Å². The summed E-state index contributed by atoms with van der Waals surface area (Å²) < 4.78 is 16.0. The predicted molar refractivity (Wildman–Crippen MR) is 106 cm³/mol. The minimum atomic E-state index is -1.05. The summed E-state index contributed by atoms with van der Waals surface area (Å²) in [6.45, 7) is 5.86. The molecule has 0 saturated carbocycles. The molecule has 0 bridgehead atoms. The monoisotopic (exact) mass is 387 g/mol. The smallest absolute Gasteiger partial charge is 0.341 e. The molecule has 2 N–H and O–H groups in total. The highest BCUT2D eigenvalue weighted by atomic mass is 16.5. The summed E-state index contributed by atoms with van der Waals surface area (Å²) in [7, 11) is 1.59. The lowest BCUT2D eigenvalue weighted by Crippen LogP contribution is -2.15. The molecule has 0 aromatic heterocycles. The third kappa shape index (κ3) is 5.72. The standard InChI is InChI=1S/C21H25NO6/c1-13-5-6-17(18(9-13)27-8-7-26-4)22-21(25)16-10-14(2)20(15(3)11-16)28-12-19(23)24/h5-6,9-11H,7-8,12H2,1-4H3,(H,22,25)(H,23,24). The molecule has 0 atom stereocenters. The van der Waals surface area contributed by atoms with E-state index in [0.29, 0.717) is 47.1 Å². The van der Waals surface area contributed by atoms with Gasteiger partial charge >= 0.3 is 5.97 Å². The molecule has 0 aliphatic rings. The van der Waals surface area contributed by atoms with Crippen LogP contribution in [0.1, 0.15) is 27.0 Å². The van der Waals surface area contributed by atoms with Gasteiger partial charge < -0.3 is 24.6 Å². The van der Waals surface area contributed by atoms with Crippen molar-refractivity contribution in [2.75, 3.05) is 32.2 Å². The van der Waals surface area contributed by atoms with Gasteiger partial charge in [-0.25, -0.2) is 4.79 Å². The minimum absolute atomic E-state index is 0.295. The lowest BCUT2D eigenvalue weighted by molar-refractivity contribution is -0.139. The molecule has 0 fully saturated rings. The number of carbonyl (C=O) groups excluding carboxylic acids is 1. The number of carboxylic acid groups (broad SMARTS) is 1. The SMILES string of the molecule is COCCOc1cc(C)ccc1NC(=O)c1cc(C)c(OCC(=O)O)c(C)c1. The summed E-state index contributed by atoms with van der Waals surface area (Å²) >= 11 is 0. The van der Waals surface area contributed by atoms with Crippen molar-refractivity contribution in [1.29, 1.82) is 0 Å². The molecule has 0 heterocycles. The maximum Gasteiger partial charge on any atom is 0.341 e. The molecule has 1 amide bonds. The zero-order valence-corrected chi connectivity index (χ0v) is 16.5. The van der Waals surface area contributed by atoms with Gasteiger partial charge in [0.1, 0.15) is 18.1 Å². The van der Waals surface area contributed by atoms with E-state index in [1.54, 1.807) is 39.2 Å². The van der Waals surface area contributed by atoms with E-state index in [9.17, 15) is 9.59 Å². The maximum atomic E-state index is 12.7. The molecule has 0 unspecified atom stereocenters. The number of nitrogens with one attached hydrogen (secondary N) is 1. The molecule has 0 spiro atoms. The van der Waals surface area contributed by atoms with E-state index in [1.807, 2.05) is 19.1 Å². The van der Waals surface area contributed by atoms with Gasteiger partial charge in [-0.05, 0) is 61.7 Å². The van der Waals surface area contributed by atoms with E-state index in [-0.39, 0.29) is 5.91 Å². The summed E-state index contributed by atoms with van der Waals surface area (Å²) in [5.74, 6) is -0.310. The lowest BCUT2D eigenvalue weighted by atomic mass is 10.0. The molecule has 2 aromatic carbocycles. The first-order valence-electron chi connectivity index (χ1n) is 8.81. The van der Waals surface area contributed by atoms with Crippen LogP contribution in [0.15, 0.2) is 30.3 Å². The Morgan fingerprint density at radius 1 is 1.00 bits per heavy atom. The van der Waals surface area contributed by atoms with Crippen molar-refractivity contribution >= 4 is 17.6 Å². The van der Waals surface area contributed by atoms with Crippen LogP contribution in [0.2, 0.25) is 0 Å². The van der Waals surface area contributed by atoms with Gasteiger partial charge in [-0.3, -0.25) is 4.79 Å². The summed E-state index contributed by atoms with van der Waals surface area (Å²) in [5.41, 5.74) is 3.39. The topological polar surface area (TPSA) is 94.1 Å². The van der Waals surface area contributed by atoms with E-state index in [0.717, 1.165) is 5.56 Å². The number of carboxylic acids is 1. The largest absolute Gasteiger partial charge is 0.489 e. The van der Waals surface area contributed by atoms with Gasteiger partial charge in [0, 0.05) is 12.7 Å². The van der Waals surface area contributed by atoms with Crippen LogP contribution in [-0.4, -0.2) is 43.9 Å². The van der Waals surface area contributed by atoms with Crippen LogP contribution >= 0.6 is 0 Å². The first-order valence-corrected chi connectivity index (χ1v) is 8.81. The quantitative estimate of drug-likeness (QED) is 0.641. The second kappa shape index (κ2) is 9.75. The van der Waals surface area contributed by atoms with Crippen LogP contribution in [0.4, 0.5) is 5.69 Å². The van der Waals surface area contributed by atoms with Gasteiger partial charge in [-0.2, -0.15) is 0 Å². The van der Waals surface area contributed by atoms with Gasteiger partial charge in [0.05, 0.1) is 12.3 Å². The number of amides is 1. The number of hydrogen-bond acceptors (Lipinski definition) is 5. The van der Waals surface area contributed by atoms with Crippen molar-refractivity contribution in [3.63, 3.8) is 0 Å². The molecule has 150 valence electrons. The Morgan fingerprint density at radius 3 is 2.29 bits per heavy atom. The Kier molecular flexibility index (Phi) is 7.40.